The monoisotopic (exact) mass is 278 g/mol. The fourth-order valence-electron chi connectivity index (χ4n) is 2.71. The van der Waals surface area contributed by atoms with Crippen molar-refractivity contribution in [3.8, 4) is 5.75 Å². The summed E-state index contributed by atoms with van der Waals surface area (Å²) in [5, 5.41) is 9.02. The van der Waals surface area contributed by atoms with E-state index in [0.717, 1.165) is 12.2 Å². The molecule has 2 rings (SSSR count). The molecule has 1 aliphatic carbocycles. The molecule has 110 valence electrons. The van der Waals surface area contributed by atoms with Crippen LogP contribution in [0.4, 0.5) is 0 Å². The summed E-state index contributed by atoms with van der Waals surface area (Å²) in [7, 11) is 1.58. The van der Waals surface area contributed by atoms with Gasteiger partial charge in [0.2, 0.25) is 0 Å². The highest BCUT2D eigenvalue weighted by Crippen LogP contribution is 2.25. The normalized spacial score (nSPS) is 16.1. The van der Waals surface area contributed by atoms with Crippen LogP contribution in [0.5, 0.6) is 5.75 Å². The van der Waals surface area contributed by atoms with Crippen LogP contribution >= 0.6 is 0 Å². The predicted molar refractivity (Wildman–Crippen MR) is 76.2 cm³/mol. The molecule has 20 heavy (non-hydrogen) atoms. The van der Waals surface area contributed by atoms with Gasteiger partial charge in [-0.1, -0.05) is 19.3 Å². The van der Waals surface area contributed by atoms with E-state index in [4.69, 9.17) is 14.6 Å². The van der Waals surface area contributed by atoms with Crippen molar-refractivity contribution in [2.24, 2.45) is 5.92 Å². The maximum absolute atomic E-state index is 11.0. The molecule has 0 radical (unpaired) electrons. The molecule has 0 bridgehead atoms. The van der Waals surface area contributed by atoms with Crippen molar-refractivity contribution < 1.29 is 19.4 Å². The Kier molecular flexibility index (Phi) is 5.41. The van der Waals surface area contributed by atoms with Crippen molar-refractivity contribution in [1.29, 1.82) is 0 Å². The summed E-state index contributed by atoms with van der Waals surface area (Å²) >= 11 is 0. The van der Waals surface area contributed by atoms with Crippen LogP contribution in [-0.2, 0) is 11.3 Å². The lowest BCUT2D eigenvalue weighted by Gasteiger charge is -2.21. The first-order chi connectivity index (χ1) is 9.70. The van der Waals surface area contributed by atoms with Gasteiger partial charge in [0.1, 0.15) is 5.75 Å². The van der Waals surface area contributed by atoms with Gasteiger partial charge >= 0.3 is 5.97 Å². The van der Waals surface area contributed by atoms with E-state index >= 15 is 0 Å². The van der Waals surface area contributed by atoms with Crippen molar-refractivity contribution in [3.63, 3.8) is 0 Å². The van der Waals surface area contributed by atoms with E-state index in [0.29, 0.717) is 18.3 Å². The van der Waals surface area contributed by atoms with Crippen LogP contribution in [0, 0.1) is 5.92 Å². The first-order valence-electron chi connectivity index (χ1n) is 7.18. The summed E-state index contributed by atoms with van der Waals surface area (Å²) in [6.07, 6.45) is 6.42. The molecular formula is C16H22O4. The lowest BCUT2D eigenvalue weighted by molar-refractivity contribution is 0.0690. The van der Waals surface area contributed by atoms with Crippen molar-refractivity contribution in [2.45, 2.75) is 38.7 Å². The second kappa shape index (κ2) is 7.29. The molecule has 1 fully saturated rings. The minimum atomic E-state index is -0.929. The van der Waals surface area contributed by atoms with Crippen LogP contribution in [0.15, 0.2) is 18.2 Å². The lowest BCUT2D eigenvalue weighted by Crippen LogP contribution is -2.13. The van der Waals surface area contributed by atoms with Gasteiger partial charge in [-0.2, -0.15) is 0 Å². The Balaban J connectivity index is 1.93. The zero-order chi connectivity index (χ0) is 14.4. The van der Waals surface area contributed by atoms with E-state index in [1.165, 1.54) is 32.1 Å². The summed E-state index contributed by atoms with van der Waals surface area (Å²) in [6.45, 7) is 1.15. The summed E-state index contributed by atoms with van der Waals surface area (Å²) in [5.74, 6) is 0.400. The number of carboxylic acids is 1. The van der Waals surface area contributed by atoms with Gasteiger partial charge in [-0.15, -0.1) is 0 Å². The third-order valence-corrected chi connectivity index (χ3v) is 3.86. The van der Waals surface area contributed by atoms with Gasteiger partial charge in [0.15, 0.2) is 0 Å². The summed E-state index contributed by atoms with van der Waals surface area (Å²) < 4.78 is 11.0. The Morgan fingerprint density at radius 2 is 2.05 bits per heavy atom. The maximum Gasteiger partial charge on any atom is 0.335 e. The molecule has 1 N–H and O–H groups in total. The minimum Gasteiger partial charge on any atom is -0.496 e. The van der Waals surface area contributed by atoms with Gasteiger partial charge in [-0.05, 0) is 37.0 Å². The topological polar surface area (TPSA) is 55.8 Å². The lowest BCUT2D eigenvalue weighted by atomic mass is 9.90. The van der Waals surface area contributed by atoms with E-state index in [1.54, 1.807) is 25.3 Å². The van der Waals surface area contributed by atoms with E-state index in [-0.39, 0.29) is 5.56 Å². The second-order valence-electron chi connectivity index (χ2n) is 5.35. The number of hydrogen-bond donors (Lipinski definition) is 1. The highest BCUT2D eigenvalue weighted by Gasteiger charge is 2.14. The summed E-state index contributed by atoms with van der Waals surface area (Å²) in [4.78, 5) is 11.0. The number of rotatable bonds is 6. The standard InChI is InChI=1S/C16H22O4/c1-19-15-8-7-13(16(17)18)9-14(15)11-20-10-12-5-3-2-4-6-12/h7-9,12H,2-6,10-11H2,1H3,(H,17,18). The molecule has 0 aromatic heterocycles. The highest BCUT2D eigenvalue weighted by molar-refractivity contribution is 5.88. The quantitative estimate of drug-likeness (QED) is 0.865. The van der Waals surface area contributed by atoms with E-state index in [9.17, 15) is 4.79 Å². The fraction of sp³-hybridized carbons (Fsp3) is 0.562. The Morgan fingerprint density at radius 1 is 1.30 bits per heavy atom. The van der Waals surface area contributed by atoms with E-state index < -0.39 is 5.97 Å². The van der Waals surface area contributed by atoms with Crippen molar-refractivity contribution in [3.05, 3.63) is 29.3 Å². The number of carboxylic acid groups (broad SMARTS) is 1. The molecule has 0 spiro atoms. The van der Waals surface area contributed by atoms with Gasteiger partial charge in [0.05, 0.1) is 19.3 Å². The molecule has 1 saturated carbocycles. The van der Waals surface area contributed by atoms with Gasteiger partial charge in [-0.3, -0.25) is 0 Å². The Hall–Kier alpha value is -1.55. The number of benzene rings is 1. The van der Waals surface area contributed by atoms with Gasteiger partial charge < -0.3 is 14.6 Å². The molecule has 0 aliphatic heterocycles. The summed E-state index contributed by atoms with van der Waals surface area (Å²) in [5.41, 5.74) is 1.06. The molecule has 0 heterocycles. The van der Waals surface area contributed by atoms with Gasteiger partial charge in [-0.25, -0.2) is 4.79 Å². The Bertz CT molecular complexity index is 450. The summed E-state index contributed by atoms with van der Waals surface area (Å²) in [6, 6.07) is 4.86. The van der Waals surface area contributed by atoms with Crippen molar-refractivity contribution in [2.75, 3.05) is 13.7 Å². The van der Waals surface area contributed by atoms with Crippen molar-refractivity contribution in [1.82, 2.24) is 0 Å². The predicted octanol–water partition coefficient (Wildman–Crippen LogP) is 3.49. The minimum absolute atomic E-state index is 0.266. The molecule has 1 aromatic rings. The van der Waals surface area contributed by atoms with Gasteiger partial charge in [0, 0.05) is 12.2 Å². The van der Waals surface area contributed by atoms with Crippen LogP contribution in [0.2, 0.25) is 0 Å². The molecule has 0 unspecified atom stereocenters. The number of methoxy groups -OCH3 is 1. The molecule has 0 saturated heterocycles. The first-order valence-corrected chi connectivity index (χ1v) is 7.18. The average molecular weight is 278 g/mol. The smallest absolute Gasteiger partial charge is 0.335 e. The Labute approximate surface area is 119 Å². The highest BCUT2D eigenvalue weighted by atomic mass is 16.5. The molecule has 0 atom stereocenters. The number of hydrogen-bond acceptors (Lipinski definition) is 3. The second-order valence-corrected chi connectivity index (χ2v) is 5.35. The first kappa shape index (κ1) is 14.9. The molecule has 1 aliphatic rings. The average Bonchev–Trinajstić information content (AvgIpc) is 2.48. The maximum atomic E-state index is 11.0. The molecule has 4 heteroatoms. The molecular weight excluding hydrogens is 256 g/mol. The number of ether oxygens (including phenoxy) is 2. The van der Waals surface area contributed by atoms with Crippen molar-refractivity contribution >= 4 is 5.97 Å². The molecule has 4 nitrogen and oxygen atoms in total. The fourth-order valence-corrected chi connectivity index (χ4v) is 2.71. The molecule has 0 amide bonds. The van der Waals surface area contributed by atoms with Crippen LogP contribution in [0.1, 0.15) is 48.0 Å². The van der Waals surface area contributed by atoms with Crippen LogP contribution < -0.4 is 4.74 Å². The van der Waals surface area contributed by atoms with Gasteiger partial charge in [0.25, 0.3) is 0 Å². The molecule has 1 aromatic carbocycles. The third kappa shape index (κ3) is 3.97. The van der Waals surface area contributed by atoms with Crippen LogP contribution in [-0.4, -0.2) is 24.8 Å². The SMILES string of the molecule is COc1ccc(C(=O)O)cc1COCC1CCCCC1. The zero-order valence-corrected chi connectivity index (χ0v) is 11.9. The van der Waals surface area contributed by atoms with Crippen LogP contribution in [0.25, 0.3) is 0 Å². The number of carbonyl (C=O) groups is 1. The zero-order valence-electron chi connectivity index (χ0n) is 11.9. The largest absolute Gasteiger partial charge is 0.496 e. The van der Waals surface area contributed by atoms with E-state index in [1.807, 2.05) is 0 Å². The third-order valence-electron chi connectivity index (χ3n) is 3.86. The van der Waals surface area contributed by atoms with E-state index in [2.05, 4.69) is 0 Å². The van der Waals surface area contributed by atoms with Crippen LogP contribution in [0.3, 0.4) is 0 Å². The Morgan fingerprint density at radius 3 is 2.70 bits per heavy atom. The number of aromatic carboxylic acids is 1.